The van der Waals surface area contributed by atoms with E-state index in [4.69, 9.17) is 0 Å². The van der Waals surface area contributed by atoms with Gasteiger partial charge in [-0.3, -0.25) is 14.5 Å². The maximum atomic E-state index is 12.9. The number of benzene rings is 1. The normalized spacial score (nSPS) is 15.4. The molecule has 0 aliphatic carbocycles. The van der Waals surface area contributed by atoms with Crippen LogP contribution in [0.3, 0.4) is 0 Å². The number of aromatic amines is 1. The Bertz CT molecular complexity index is 1010. The summed E-state index contributed by atoms with van der Waals surface area (Å²) in [6.45, 7) is 6.19. The summed E-state index contributed by atoms with van der Waals surface area (Å²) < 4.78 is 1.51. The second-order valence-corrected chi connectivity index (χ2v) is 6.91. The monoisotopic (exact) mass is 365 g/mol. The van der Waals surface area contributed by atoms with Crippen molar-refractivity contribution in [2.45, 2.75) is 13.5 Å². The molecule has 0 saturated carbocycles. The largest absolute Gasteiger partial charge is 0.361 e. The van der Waals surface area contributed by atoms with Crippen LogP contribution in [0.15, 0.2) is 47.4 Å². The number of aromatic nitrogens is 3. The zero-order valence-electron chi connectivity index (χ0n) is 15.4. The standard InChI is InChI=1S/C20H23N5O2/c1-15-5-6-19(26)25(22-15)14-11-23-9-12-24(13-10-23)20(27)17-3-2-4-18-16(17)7-8-21-18/h2-8,21H,9-14H2,1H3. The van der Waals surface area contributed by atoms with Gasteiger partial charge in [0.25, 0.3) is 11.5 Å². The molecule has 27 heavy (non-hydrogen) atoms. The quantitative estimate of drug-likeness (QED) is 0.760. The Hall–Kier alpha value is -2.93. The van der Waals surface area contributed by atoms with Gasteiger partial charge in [0.05, 0.1) is 12.2 Å². The van der Waals surface area contributed by atoms with Crippen molar-refractivity contribution >= 4 is 16.8 Å². The Kier molecular flexibility index (Phi) is 4.77. The van der Waals surface area contributed by atoms with Crippen molar-refractivity contribution in [3.05, 3.63) is 64.2 Å². The maximum Gasteiger partial charge on any atom is 0.266 e. The first-order valence-electron chi connectivity index (χ1n) is 9.24. The fourth-order valence-corrected chi connectivity index (χ4v) is 3.56. The second kappa shape index (κ2) is 7.36. The highest BCUT2D eigenvalue weighted by atomic mass is 16.2. The van der Waals surface area contributed by atoms with Gasteiger partial charge in [0.1, 0.15) is 0 Å². The average Bonchev–Trinajstić information content (AvgIpc) is 3.17. The Morgan fingerprint density at radius 2 is 1.89 bits per heavy atom. The first-order valence-corrected chi connectivity index (χ1v) is 9.24. The zero-order valence-corrected chi connectivity index (χ0v) is 15.4. The Morgan fingerprint density at radius 1 is 1.07 bits per heavy atom. The van der Waals surface area contributed by atoms with E-state index in [1.165, 1.54) is 4.68 Å². The minimum absolute atomic E-state index is 0.0750. The molecule has 2 aromatic heterocycles. The van der Waals surface area contributed by atoms with Crippen LogP contribution in [0.5, 0.6) is 0 Å². The molecule has 1 aromatic carbocycles. The van der Waals surface area contributed by atoms with E-state index in [1.807, 2.05) is 42.3 Å². The van der Waals surface area contributed by atoms with Crippen molar-refractivity contribution in [1.29, 1.82) is 0 Å². The SMILES string of the molecule is Cc1ccc(=O)n(CCN2CCN(C(=O)c3cccc4[nH]ccc34)CC2)n1. The Morgan fingerprint density at radius 3 is 2.70 bits per heavy atom. The van der Waals surface area contributed by atoms with Gasteiger partial charge in [0.2, 0.25) is 0 Å². The number of nitrogens with zero attached hydrogens (tertiary/aromatic N) is 4. The predicted octanol–water partition coefficient (Wildman–Crippen LogP) is 1.49. The molecule has 140 valence electrons. The molecule has 4 rings (SSSR count). The van der Waals surface area contributed by atoms with Gasteiger partial charge < -0.3 is 9.88 Å². The lowest BCUT2D eigenvalue weighted by atomic mass is 10.1. The number of amides is 1. The molecule has 1 aliphatic heterocycles. The van der Waals surface area contributed by atoms with Gasteiger partial charge in [-0.15, -0.1) is 0 Å². The molecule has 3 heterocycles. The highest BCUT2D eigenvalue weighted by Crippen LogP contribution is 2.19. The van der Waals surface area contributed by atoms with E-state index < -0.39 is 0 Å². The topological polar surface area (TPSA) is 74.2 Å². The summed E-state index contributed by atoms with van der Waals surface area (Å²) >= 11 is 0. The summed E-state index contributed by atoms with van der Waals surface area (Å²) in [5.74, 6) is 0.0800. The Labute approximate surface area is 157 Å². The Balaban J connectivity index is 1.36. The summed E-state index contributed by atoms with van der Waals surface area (Å²) in [4.78, 5) is 32.1. The van der Waals surface area contributed by atoms with E-state index >= 15 is 0 Å². The highest BCUT2D eigenvalue weighted by Gasteiger charge is 2.23. The molecular formula is C20H23N5O2. The number of carbonyl (C=O) groups is 1. The van der Waals surface area contributed by atoms with Crippen molar-refractivity contribution in [2.75, 3.05) is 32.7 Å². The van der Waals surface area contributed by atoms with Gasteiger partial charge in [-0.2, -0.15) is 5.10 Å². The van der Waals surface area contributed by atoms with Crippen molar-refractivity contribution in [1.82, 2.24) is 24.6 Å². The molecule has 1 amide bonds. The van der Waals surface area contributed by atoms with Crippen LogP contribution >= 0.6 is 0 Å². The summed E-state index contributed by atoms with van der Waals surface area (Å²) in [7, 11) is 0. The van der Waals surface area contributed by atoms with Crippen molar-refractivity contribution in [2.24, 2.45) is 0 Å². The van der Waals surface area contributed by atoms with Gasteiger partial charge in [0, 0.05) is 61.5 Å². The van der Waals surface area contributed by atoms with Crippen molar-refractivity contribution < 1.29 is 4.79 Å². The molecule has 3 aromatic rings. The summed E-state index contributed by atoms with van der Waals surface area (Å²) in [6, 6.07) is 11.0. The van der Waals surface area contributed by atoms with Crippen LogP contribution in [0.4, 0.5) is 0 Å². The van der Waals surface area contributed by atoms with Gasteiger partial charge in [-0.25, -0.2) is 4.68 Å². The van der Waals surface area contributed by atoms with E-state index in [0.717, 1.165) is 41.8 Å². The number of aryl methyl sites for hydroxylation is 1. The maximum absolute atomic E-state index is 12.9. The summed E-state index contributed by atoms with van der Waals surface area (Å²) in [5.41, 5.74) is 2.49. The van der Waals surface area contributed by atoms with Crippen LogP contribution < -0.4 is 5.56 Å². The van der Waals surface area contributed by atoms with E-state index in [2.05, 4.69) is 15.0 Å². The highest BCUT2D eigenvalue weighted by molar-refractivity contribution is 6.06. The molecule has 0 spiro atoms. The van der Waals surface area contributed by atoms with E-state index in [-0.39, 0.29) is 11.5 Å². The minimum Gasteiger partial charge on any atom is -0.361 e. The number of fused-ring (bicyclic) bond motifs is 1. The number of H-pyrrole nitrogens is 1. The fraction of sp³-hybridized carbons (Fsp3) is 0.350. The first kappa shape index (κ1) is 17.5. The number of piperazine rings is 1. The molecule has 0 unspecified atom stereocenters. The number of carbonyl (C=O) groups excluding carboxylic acids is 1. The summed E-state index contributed by atoms with van der Waals surface area (Å²) in [5, 5.41) is 5.24. The van der Waals surface area contributed by atoms with Gasteiger partial charge >= 0.3 is 0 Å². The van der Waals surface area contributed by atoms with E-state index in [1.54, 1.807) is 12.1 Å². The lowest BCUT2D eigenvalue weighted by Gasteiger charge is -2.34. The molecule has 1 saturated heterocycles. The molecule has 1 fully saturated rings. The third-order valence-corrected chi connectivity index (χ3v) is 5.11. The lowest BCUT2D eigenvalue weighted by Crippen LogP contribution is -2.49. The molecule has 7 nitrogen and oxygen atoms in total. The van der Waals surface area contributed by atoms with Crippen LogP contribution in [-0.4, -0.2) is 63.2 Å². The second-order valence-electron chi connectivity index (χ2n) is 6.91. The van der Waals surface area contributed by atoms with Crippen LogP contribution in [0.25, 0.3) is 10.9 Å². The van der Waals surface area contributed by atoms with Crippen LogP contribution in [0.1, 0.15) is 16.1 Å². The van der Waals surface area contributed by atoms with E-state index in [9.17, 15) is 9.59 Å². The lowest BCUT2D eigenvalue weighted by molar-refractivity contribution is 0.0633. The number of nitrogens with one attached hydrogen (secondary N) is 1. The van der Waals surface area contributed by atoms with Crippen LogP contribution in [-0.2, 0) is 6.54 Å². The number of hydrogen-bond acceptors (Lipinski definition) is 4. The number of hydrogen-bond donors (Lipinski definition) is 1. The van der Waals surface area contributed by atoms with Crippen molar-refractivity contribution in [3.8, 4) is 0 Å². The molecular weight excluding hydrogens is 342 g/mol. The van der Waals surface area contributed by atoms with Crippen molar-refractivity contribution in [3.63, 3.8) is 0 Å². The van der Waals surface area contributed by atoms with Gasteiger partial charge in [-0.1, -0.05) is 6.07 Å². The van der Waals surface area contributed by atoms with E-state index in [0.29, 0.717) is 19.6 Å². The smallest absolute Gasteiger partial charge is 0.266 e. The average molecular weight is 365 g/mol. The van der Waals surface area contributed by atoms with Gasteiger partial charge in [0.15, 0.2) is 0 Å². The molecule has 1 aliphatic rings. The summed E-state index contributed by atoms with van der Waals surface area (Å²) in [6.07, 6.45) is 1.86. The molecule has 0 bridgehead atoms. The fourth-order valence-electron chi connectivity index (χ4n) is 3.56. The third kappa shape index (κ3) is 3.64. The van der Waals surface area contributed by atoms with Crippen LogP contribution in [0.2, 0.25) is 0 Å². The molecule has 0 radical (unpaired) electrons. The zero-order chi connectivity index (χ0) is 18.8. The molecule has 7 heteroatoms. The van der Waals surface area contributed by atoms with Gasteiger partial charge in [-0.05, 0) is 31.2 Å². The first-order chi connectivity index (χ1) is 13.1. The third-order valence-electron chi connectivity index (χ3n) is 5.11. The predicted molar refractivity (Wildman–Crippen MR) is 104 cm³/mol. The number of rotatable bonds is 4. The molecule has 0 atom stereocenters. The minimum atomic E-state index is -0.0750. The molecule has 1 N–H and O–H groups in total. The van der Waals surface area contributed by atoms with Crippen LogP contribution in [0, 0.1) is 6.92 Å².